The van der Waals surface area contributed by atoms with Gasteiger partial charge >= 0.3 is 0 Å². The van der Waals surface area contributed by atoms with E-state index in [1.165, 1.54) is 6.92 Å². The summed E-state index contributed by atoms with van der Waals surface area (Å²) >= 11 is 0. The standard InChI is InChI=1S/C22H41N4O6P/c1-13(2)10-17(24-20(28)16(6)23-19(27)12-33(31)32)21(29)25-18(11-14(3)4)22(30)26-9-7-8-15(26)5/h13-18,31-32H,7-12H2,1-6H3,(H,23,27)(H,24,28)(H,25,29)/t15-,16+,17+,18+/m1/s1. The van der Waals surface area contributed by atoms with Crippen LogP contribution in [0.2, 0.25) is 0 Å². The summed E-state index contributed by atoms with van der Waals surface area (Å²) < 4.78 is 0. The summed E-state index contributed by atoms with van der Waals surface area (Å²) in [6.45, 7) is 12.0. The highest BCUT2D eigenvalue weighted by atomic mass is 31.2. The minimum atomic E-state index is -2.40. The zero-order valence-corrected chi connectivity index (χ0v) is 21.5. The van der Waals surface area contributed by atoms with Gasteiger partial charge in [0.2, 0.25) is 23.6 Å². The first kappa shape index (κ1) is 29.3. The van der Waals surface area contributed by atoms with Crippen molar-refractivity contribution >= 4 is 32.0 Å². The van der Waals surface area contributed by atoms with Crippen LogP contribution in [0.3, 0.4) is 0 Å². The van der Waals surface area contributed by atoms with Crippen molar-refractivity contribution in [2.45, 2.75) is 91.4 Å². The maximum Gasteiger partial charge on any atom is 0.245 e. The Morgan fingerprint density at radius 1 is 0.909 bits per heavy atom. The lowest BCUT2D eigenvalue weighted by Gasteiger charge is -2.30. The molecule has 33 heavy (non-hydrogen) atoms. The van der Waals surface area contributed by atoms with Crippen molar-refractivity contribution in [1.29, 1.82) is 0 Å². The first-order valence-corrected chi connectivity index (χ1v) is 13.1. The predicted molar refractivity (Wildman–Crippen MR) is 127 cm³/mol. The fourth-order valence-electron chi connectivity index (χ4n) is 3.91. The smallest absolute Gasteiger partial charge is 0.245 e. The van der Waals surface area contributed by atoms with Crippen molar-refractivity contribution in [2.75, 3.05) is 12.7 Å². The molecule has 0 aromatic carbocycles. The number of amides is 4. The molecule has 0 aliphatic carbocycles. The number of likely N-dealkylation sites (tertiary alicyclic amines) is 1. The van der Waals surface area contributed by atoms with Crippen LogP contribution in [-0.2, 0) is 19.2 Å². The number of hydrogen-bond donors (Lipinski definition) is 5. The molecule has 1 heterocycles. The molecule has 10 nitrogen and oxygen atoms in total. The molecule has 0 aromatic heterocycles. The van der Waals surface area contributed by atoms with Gasteiger partial charge in [-0.1, -0.05) is 27.7 Å². The van der Waals surface area contributed by atoms with E-state index in [0.29, 0.717) is 19.4 Å². The van der Waals surface area contributed by atoms with Crippen LogP contribution < -0.4 is 16.0 Å². The Hall–Kier alpha value is -1.77. The molecule has 1 aliphatic heterocycles. The largest absolute Gasteiger partial charge is 0.350 e. The zero-order chi connectivity index (χ0) is 25.3. The SMILES string of the molecule is CC(C)C[C@H](NC(=O)[C@H](C)NC(=O)CP(O)O)C(=O)N[C@@H](CC(C)C)C(=O)N1CCC[C@H]1C. The predicted octanol–water partition coefficient (Wildman–Crippen LogP) is 0.860. The van der Waals surface area contributed by atoms with Gasteiger partial charge in [-0.15, -0.1) is 0 Å². The third kappa shape index (κ3) is 10.4. The van der Waals surface area contributed by atoms with Crippen molar-refractivity contribution in [3.05, 3.63) is 0 Å². The second-order valence-corrected chi connectivity index (χ2v) is 10.8. The minimum Gasteiger partial charge on any atom is -0.350 e. The molecule has 0 bridgehead atoms. The molecule has 0 radical (unpaired) electrons. The van der Waals surface area contributed by atoms with E-state index in [1.807, 2.05) is 39.5 Å². The summed E-state index contributed by atoms with van der Waals surface area (Å²) in [6.07, 6.45) is 2.25. The van der Waals surface area contributed by atoms with Gasteiger partial charge in [-0.3, -0.25) is 19.2 Å². The molecule has 4 atom stereocenters. The van der Waals surface area contributed by atoms with Gasteiger partial charge in [0, 0.05) is 12.6 Å². The van der Waals surface area contributed by atoms with Gasteiger partial charge in [0.1, 0.15) is 18.1 Å². The average Bonchev–Trinajstić information content (AvgIpc) is 3.10. The van der Waals surface area contributed by atoms with E-state index in [-0.39, 0.29) is 23.8 Å². The highest BCUT2D eigenvalue weighted by Gasteiger charge is 2.34. The monoisotopic (exact) mass is 488 g/mol. The molecule has 0 unspecified atom stereocenters. The van der Waals surface area contributed by atoms with E-state index >= 15 is 0 Å². The third-order valence-corrected chi connectivity index (χ3v) is 6.12. The molecule has 11 heteroatoms. The summed E-state index contributed by atoms with van der Waals surface area (Å²) in [6, 6.07) is -2.37. The Balaban J connectivity index is 2.88. The number of rotatable bonds is 12. The molecule has 5 N–H and O–H groups in total. The highest BCUT2D eigenvalue weighted by molar-refractivity contribution is 7.46. The van der Waals surface area contributed by atoms with Crippen molar-refractivity contribution in [1.82, 2.24) is 20.9 Å². The van der Waals surface area contributed by atoms with Gasteiger partial charge in [0.25, 0.3) is 0 Å². The summed E-state index contributed by atoms with van der Waals surface area (Å²) in [7, 11) is -2.40. The second kappa shape index (κ2) is 13.8. The Bertz CT molecular complexity index is 688. The average molecular weight is 489 g/mol. The minimum absolute atomic E-state index is 0.0936. The molecule has 1 aliphatic rings. The molecule has 0 saturated carbocycles. The van der Waals surface area contributed by atoms with Crippen LogP contribution in [0.25, 0.3) is 0 Å². The van der Waals surface area contributed by atoms with Crippen molar-refractivity contribution < 1.29 is 29.0 Å². The molecule has 0 spiro atoms. The third-order valence-electron chi connectivity index (χ3n) is 5.55. The number of nitrogens with one attached hydrogen (secondary N) is 3. The van der Waals surface area contributed by atoms with Crippen LogP contribution in [0.1, 0.15) is 67.2 Å². The topological polar surface area (TPSA) is 148 Å². The van der Waals surface area contributed by atoms with E-state index in [9.17, 15) is 19.2 Å². The first-order chi connectivity index (χ1) is 15.3. The lowest BCUT2D eigenvalue weighted by Crippen LogP contribution is -2.57. The van der Waals surface area contributed by atoms with E-state index in [0.717, 1.165) is 12.8 Å². The van der Waals surface area contributed by atoms with Crippen molar-refractivity contribution in [3.8, 4) is 0 Å². The fourth-order valence-corrected chi connectivity index (χ4v) is 4.25. The highest BCUT2D eigenvalue weighted by Crippen LogP contribution is 2.21. The van der Waals surface area contributed by atoms with Crippen LogP contribution in [-0.4, -0.2) is 75.2 Å². The Morgan fingerprint density at radius 3 is 1.94 bits per heavy atom. The second-order valence-electron chi connectivity index (χ2n) is 9.72. The van der Waals surface area contributed by atoms with Gasteiger partial charge in [0.15, 0.2) is 8.38 Å². The maximum atomic E-state index is 13.1. The molecule has 4 amide bonds. The van der Waals surface area contributed by atoms with Crippen LogP contribution in [0.4, 0.5) is 0 Å². The molecular weight excluding hydrogens is 447 g/mol. The van der Waals surface area contributed by atoms with E-state index in [2.05, 4.69) is 16.0 Å². The van der Waals surface area contributed by atoms with Gasteiger partial charge in [-0.25, -0.2) is 0 Å². The van der Waals surface area contributed by atoms with Crippen LogP contribution >= 0.6 is 8.38 Å². The maximum absolute atomic E-state index is 13.1. The summed E-state index contributed by atoms with van der Waals surface area (Å²) in [5.74, 6) is -1.48. The first-order valence-electron chi connectivity index (χ1n) is 11.7. The number of nitrogens with zero attached hydrogens (tertiary/aromatic N) is 1. The molecule has 1 saturated heterocycles. The summed E-state index contributed by atoms with van der Waals surface area (Å²) in [4.78, 5) is 70.4. The van der Waals surface area contributed by atoms with Gasteiger partial charge in [0.05, 0.1) is 6.16 Å². The van der Waals surface area contributed by atoms with Crippen LogP contribution in [0.15, 0.2) is 0 Å². The Kier molecular flexibility index (Phi) is 12.3. The van der Waals surface area contributed by atoms with E-state index in [1.54, 1.807) is 0 Å². The quantitative estimate of drug-likeness (QED) is 0.257. The fraction of sp³-hybridized carbons (Fsp3) is 0.818. The Labute approximate surface area is 198 Å². The van der Waals surface area contributed by atoms with Crippen LogP contribution in [0, 0.1) is 11.8 Å². The van der Waals surface area contributed by atoms with E-state index < -0.39 is 50.4 Å². The lowest BCUT2D eigenvalue weighted by atomic mass is 9.99. The normalized spacial score (nSPS) is 18.9. The molecule has 1 rings (SSSR count). The molecule has 190 valence electrons. The number of carbonyl (C=O) groups excluding carboxylic acids is 4. The van der Waals surface area contributed by atoms with E-state index in [4.69, 9.17) is 9.79 Å². The molecule has 0 aromatic rings. The zero-order valence-electron chi connectivity index (χ0n) is 20.6. The number of carbonyl (C=O) groups is 4. The van der Waals surface area contributed by atoms with Crippen molar-refractivity contribution in [2.24, 2.45) is 11.8 Å². The van der Waals surface area contributed by atoms with Crippen LogP contribution in [0.5, 0.6) is 0 Å². The Morgan fingerprint density at radius 2 is 1.45 bits per heavy atom. The molecular formula is C22H41N4O6P. The van der Waals surface area contributed by atoms with Gasteiger partial charge in [-0.2, -0.15) is 0 Å². The lowest BCUT2D eigenvalue weighted by molar-refractivity contribution is -0.138. The summed E-state index contributed by atoms with van der Waals surface area (Å²) in [5, 5.41) is 7.93. The van der Waals surface area contributed by atoms with Gasteiger partial charge < -0.3 is 30.6 Å². The van der Waals surface area contributed by atoms with Crippen molar-refractivity contribution in [3.63, 3.8) is 0 Å². The molecule has 1 fully saturated rings. The number of hydrogen-bond acceptors (Lipinski definition) is 6. The van der Waals surface area contributed by atoms with Gasteiger partial charge in [-0.05, 0) is 51.4 Å². The summed E-state index contributed by atoms with van der Waals surface area (Å²) in [5.41, 5.74) is 0.